The molecular formula is C22H28O2. The third-order valence-corrected chi connectivity index (χ3v) is 7.94. The van der Waals surface area contributed by atoms with Crippen LogP contribution in [-0.4, -0.2) is 16.5 Å². The minimum atomic E-state index is -0.973. The van der Waals surface area contributed by atoms with Gasteiger partial charge in [0.15, 0.2) is 5.78 Å². The zero-order valence-corrected chi connectivity index (χ0v) is 14.7. The Morgan fingerprint density at radius 1 is 1.38 bits per heavy atom. The maximum Gasteiger partial charge on any atom is 0.155 e. The molecule has 3 saturated carbocycles. The number of hydrogen-bond donors (Lipinski definition) is 1. The molecule has 0 heterocycles. The van der Waals surface area contributed by atoms with Crippen LogP contribution in [0.2, 0.25) is 0 Å². The van der Waals surface area contributed by atoms with Gasteiger partial charge in [-0.15, -0.1) is 6.42 Å². The fraction of sp³-hybridized carbons (Fsp3) is 0.682. The summed E-state index contributed by atoms with van der Waals surface area (Å²) in [6.45, 7) is 6.65. The van der Waals surface area contributed by atoms with E-state index in [4.69, 9.17) is 6.42 Å². The second-order valence-corrected chi connectivity index (χ2v) is 8.55. The van der Waals surface area contributed by atoms with Gasteiger partial charge in [-0.05, 0) is 74.7 Å². The van der Waals surface area contributed by atoms with Crippen molar-refractivity contribution in [3.05, 3.63) is 23.8 Å². The standard InChI is InChI=1S/C22H28O2/c1-4-21-13-14(3)20-17-9-7-16(23)12-15(17)6-8-18(20)19(21)10-11-22(21,24)5-2/h2,12,17-20,24H,3-4,6-11,13H2,1H3/t17-,18-,19-,20?,21-,22-/m0/s1. The van der Waals surface area contributed by atoms with Gasteiger partial charge in [0.05, 0.1) is 0 Å². The van der Waals surface area contributed by atoms with E-state index in [9.17, 15) is 9.90 Å². The van der Waals surface area contributed by atoms with Crippen LogP contribution in [0.15, 0.2) is 23.8 Å². The smallest absolute Gasteiger partial charge is 0.155 e. The van der Waals surface area contributed by atoms with Crippen LogP contribution in [0, 0.1) is 41.4 Å². The maximum absolute atomic E-state index is 11.8. The van der Waals surface area contributed by atoms with E-state index in [2.05, 4.69) is 19.4 Å². The topological polar surface area (TPSA) is 37.3 Å². The Hall–Kier alpha value is -1.33. The average molecular weight is 324 g/mol. The summed E-state index contributed by atoms with van der Waals surface area (Å²) >= 11 is 0. The zero-order valence-electron chi connectivity index (χ0n) is 14.7. The van der Waals surface area contributed by atoms with Crippen molar-refractivity contribution in [3.63, 3.8) is 0 Å². The molecular weight excluding hydrogens is 296 g/mol. The van der Waals surface area contributed by atoms with E-state index < -0.39 is 5.60 Å². The minimum Gasteiger partial charge on any atom is -0.377 e. The third-order valence-electron chi connectivity index (χ3n) is 7.94. The van der Waals surface area contributed by atoms with E-state index in [0.29, 0.717) is 35.9 Å². The predicted octanol–water partition coefficient (Wildman–Crippen LogP) is 4.05. The number of ketones is 1. The van der Waals surface area contributed by atoms with E-state index in [1.807, 2.05) is 6.08 Å². The van der Waals surface area contributed by atoms with Crippen LogP contribution in [0.3, 0.4) is 0 Å². The average Bonchev–Trinajstić information content (AvgIpc) is 2.88. The summed E-state index contributed by atoms with van der Waals surface area (Å²) in [5.74, 6) is 5.13. The van der Waals surface area contributed by atoms with Crippen molar-refractivity contribution in [2.45, 2.75) is 63.9 Å². The molecule has 0 aromatic carbocycles. The van der Waals surface area contributed by atoms with Crippen molar-refractivity contribution < 1.29 is 9.90 Å². The molecule has 0 aromatic rings. The second kappa shape index (κ2) is 5.33. The van der Waals surface area contributed by atoms with Gasteiger partial charge in [0.2, 0.25) is 0 Å². The van der Waals surface area contributed by atoms with Crippen LogP contribution in [-0.2, 0) is 4.79 Å². The molecule has 24 heavy (non-hydrogen) atoms. The summed E-state index contributed by atoms with van der Waals surface area (Å²) in [5.41, 5.74) is 1.48. The fourth-order valence-corrected chi connectivity index (χ4v) is 6.90. The molecule has 2 heteroatoms. The lowest BCUT2D eigenvalue weighted by atomic mass is 9.48. The van der Waals surface area contributed by atoms with Crippen LogP contribution >= 0.6 is 0 Å². The predicted molar refractivity (Wildman–Crippen MR) is 95.0 cm³/mol. The monoisotopic (exact) mass is 324 g/mol. The van der Waals surface area contributed by atoms with Gasteiger partial charge < -0.3 is 5.11 Å². The van der Waals surface area contributed by atoms with Gasteiger partial charge in [-0.3, -0.25) is 4.79 Å². The Morgan fingerprint density at radius 2 is 2.17 bits per heavy atom. The first-order chi connectivity index (χ1) is 11.5. The lowest BCUT2D eigenvalue weighted by Gasteiger charge is -2.56. The minimum absolute atomic E-state index is 0.189. The molecule has 0 radical (unpaired) electrons. The first-order valence-corrected chi connectivity index (χ1v) is 9.57. The number of fused-ring (bicyclic) bond motifs is 5. The molecule has 0 saturated heterocycles. The van der Waals surface area contributed by atoms with E-state index in [1.54, 1.807) is 0 Å². The number of terminal acetylenes is 1. The molecule has 1 unspecified atom stereocenters. The van der Waals surface area contributed by atoms with Crippen molar-refractivity contribution in [2.75, 3.05) is 0 Å². The van der Waals surface area contributed by atoms with Crippen molar-refractivity contribution in [1.29, 1.82) is 0 Å². The van der Waals surface area contributed by atoms with Crippen molar-refractivity contribution in [2.24, 2.45) is 29.1 Å². The van der Waals surface area contributed by atoms with Gasteiger partial charge in [0.25, 0.3) is 0 Å². The number of allylic oxidation sites excluding steroid dienone is 2. The van der Waals surface area contributed by atoms with E-state index in [-0.39, 0.29) is 5.41 Å². The number of carbonyl (C=O) groups excluding carboxylic acids is 1. The van der Waals surface area contributed by atoms with Gasteiger partial charge in [-0.1, -0.05) is 30.6 Å². The second-order valence-electron chi connectivity index (χ2n) is 8.55. The number of rotatable bonds is 1. The van der Waals surface area contributed by atoms with Crippen LogP contribution < -0.4 is 0 Å². The summed E-state index contributed by atoms with van der Waals surface area (Å²) in [6.07, 6.45) is 15.1. The molecule has 3 fully saturated rings. The van der Waals surface area contributed by atoms with Crippen molar-refractivity contribution in [3.8, 4) is 12.3 Å². The summed E-state index contributed by atoms with van der Waals surface area (Å²) in [4.78, 5) is 11.8. The molecule has 0 spiro atoms. The molecule has 2 nitrogen and oxygen atoms in total. The van der Waals surface area contributed by atoms with Gasteiger partial charge in [-0.2, -0.15) is 0 Å². The van der Waals surface area contributed by atoms with E-state index in [0.717, 1.165) is 44.9 Å². The summed E-state index contributed by atoms with van der Waals surface area (Å²) in [6, 6.07) is 0. The summed E-state index contributed by atoms with van der Waals surface area (Å²) in [5, 5.41) is 11.2. The van der Waals surface area contributed by atoms with Crippen LogP contribution in [0.1, 0.15) is 58.3 Å². The van der Waals surface area contributed by atoms with E-state index >= 15 is 0 Å². The van der Waals surface area contributed by atoms with E-state index in [1.165, 1.54) is 11.1 Å². The Balaban J connectivity index is 1.74. The Labute approximate surface area is 145 Å². The maximum atomic E-state index is 11.8. The molecule has 4 aliphatic rings. The Morgan fingerprint density at radius 3 is 2.88 bits per heavy atom. The molecule has 1 N–H and O–H groups in total. The zero-order chi connectivity index (χ0) is 17.1. The molecule has 0 bridgehead atoms. The SMILES string of the molecule is C#C[C@]1(O)CC[C@H]2[C@@H]3CCC4=CC(=O)CC[C@@H]4C3C(=C)C[C@@]21CC. The Kier molecular flexibility index (Phi) is 3.59. The number of aliphatic hydroxyl groups is 1. The highest BCUT2D eigenvalue weighted by Gasteiger charge is 2.64. The number of hydrogen-bond acceptors (Lipinski definition) is 2. The molecule has 0 aromatic heterocycles. The Bertz CT molecular complexity index is 666. The normalized spacial score (nSPS) is 47.3. The largest absolute Gasteiger partial charge is 0.377 e. The molecule has 128 valence electrons. The molecule has 4 aliphatic carbocycles. The first-order valence-electron chi connectivity index (χ1n) is 9.57. The van der Waals surface area contributed by atoms with Gasteiger partial charge in [0, 0.05) is 11.8 Å². The van der Waals surface area contributed by atoms with Crippen LogP contribution in [0.4, 0.5) is 0 Å². The lowest BCUT2D eigenvalue weighted by Crippen LogP contribution is -2.54. The molecule has 4 rings (SSSR count). The third kappa shape index (κ3) is 1.91. The lowest BCUT2D eigenvalue weighted by molar-refractivity contribution is -0.116. The molecule has 0 amide bonds. The van der Waals surface area contributed by atoms with Crippen molar-refractivity contribution in [1.82, 2.24) is 0 Å². The summed E-state index contributed by atoms with van der Waals surface area (Å²) in [7, 11) is 0. The van der Waals surface area contributed by atoms with Crippen LogP contribution in [0.5, 0.6) is 0 Å². The highest BCUT2D eigenvalue weighted by Crippen LogP contribution is 2.67. The van der Waals surface area contributed by atoms with Gasteiger partial charge in [-0.25, -0.2) is 0 Å². The quantitative estimate of drug-likeness (QED) is 0.583. The summed E-state index contributed by atoms with van der Waals surface area (Å²) < 4.78 is 0. The number of carbonyl (C=O) groups is 1. The highest BCUT2D eigenvalue weighted by molar-refractivity contribution is 5.91. The van der Waals surface area contributed by atoms with Crippen LogP contribution in [0.25, 0.3) is 0 Å². The van der Waals surface area contributed by atoms with Gasteiger partial charge >= 0.3 is 0 Å². The molecule has 0 aliphatic heterocycles. The first kappa shape index (κ1) is 16.2. The fourth-order valence-electron chi connectivity index (χ4n) is 6.90. The highest BCUT2D eigenvalue weighted by atomic mass is 16.3. The molecule has 6 atom stereocenters. The van der Waals surface area contributed by atoms with Gasteiger partial charge in [0.1, 0.15) is 5.60 Å². The van der Waals surface area contributed by atoms with Crippen molar-refractivity contribution >= 4 is 5.78 Å².